The number of aldehydes is 1. The molecule has 0 heterocycles. The van der Waals surface area contributed by atoms with E-state index in [4.69, 9.17) is 9.47 Å². The van der Waals surface area contributed by atoms with Crippen molar-refractivity contribution in [3.63, 3.8) is 0 Å². The molecule has 0 fully saturated rings. The van der Waals surface area contributed by atoms with Crippen molar-refractivity contribution in [3.05, 3.63) is 29.3 Å². The van der Waals surface area contributed by atoms with Gasteiger partial charge in [-0.3, -0.25) is 4.79 Å². The number of hydrogen-bond donors (Lipinski definition) is 1. The monoisotopic (exact) mass is 279 g/mol. The maximum absolute atomic E-state index is 11.8. The van der Waals surface area contributed by atoms with E-state index in [0.29, 0.717) is 11.3 Å². The fraction of sp³-hybridized carbons (Fsp3) is 0.467. The van der Waals surface area contributed by atoms with Gasteiger partial charge in [-0.2, -0.15) is 0 Å². The van der Waals surface area contributed by atoms with Crippen LogP contribution in [-0.4, -0.2) is 25.1 Å². The van der Waals surface area contributed by atoms with Crippen molar-refractivity contribution in [3.8, 4) is 5.75 Å². The summed E-state index contributed by atoms with van der Waals surface area (Å²) in [4.78, 5) is 22.6. The Balaban J connectivity index is 2.88. The summed E-state index contributed by atoms with van der Waals surface area (Å²) in [5.41, 5.74) is 0.694. The van der Waals surface area contributed by atoms with Crippen molar-refractivity contribution in [2.24, 2.45) is 0 Å². The Morgan fingerprint density at radius 3 is 2.50 bits per heavy atom. The normalized spacial score (nSPS) is 12.4. The minimum absolute atomic E-state index is 0.334. The zero-order valence-corrected chi connectivity index (χ0v) is 12.5. The van der Waals surface area contributed by atoms with Gasteiger partial charge in [0.2, 0.25) is 0 Å². The number of carbonyl (C=O) groups excluding carboxylic acids is 2. The van der Waals surface area contributed by atoms with E-state index in [1.807, 2.05) is 0 Å². The first-order valence-electron chi connectivity index (χ1n) is 6.39. The predicted octanol–water partition coefficient (Wildman–Crippen LogP) is 3.09. The van der Waals surface area contributed by atoms with Gasteiger partial charge < -0.3 is 14.8 Å². The van der Waals surface area contributed by atoms with Gasteiger partial charge in [-0.1, -0.05) is 0 Å². The molecular formula is C15H21NO4. The topological polar surface area (TPSA) is 64.6 Å². The second kappa shape index (κ2) is 6.41. The molecule has 5 heteroatoms. The molecule has 1 aromatic carbocycles. The number of nitrogens with one attached hydrogen (secondary N) is 1. The van der Waals surface area contributed by atoms with Gasteiger partial charge in [-0.15, -0.1) is 0 Å². The zero-order valence-electron chi connectivity index (χ0n) is 12.5. The largest absolute Gasteiger partial charge is 0.496 e. The van der Waals surface area contributed by atoms with E-state index in [1.165, 1.54) is 0 Å². The van der Waals surface area contributed by atoms with E-state index < -0.39 is 11.7 Å². The highest BCUT2D eigenvalue weighted by atomic mass is 16.6. The second-order valence-corrected chi connectivity index (χ2v) is 5.49. The SMILES string of the molecule is COc1ccc(C=O)cc1C(C)NC(=O)OC(C)(C)C. The molecule has 20 heavy (non-hydrogen) atoms. The van der Waals surface area contributed by atoms with Crippen LogP contribution in [0.25, 0.3) is 0 Å². The lowest BCUT2D eigenvalue weighted by Crippen LogP contribution is -2.34. The molecule has 1 aromatic rings. The minimum Gasteiger partial charge on any atom is -0.496 e. The lowest BCUT2D eigenvalue weighted by molar-refractivity contribution is 0.0507. The van der Waals surface area contributed by atoms with Crippen LogP contribution in [0.3, 0.4) is 0 Å². The molecule has 0 aromatic heterocycles. The molecule has 5 nitrogen and oxygen atoms in total. The van der Waals surface area contributed by atoms with Crippen molar-refractivity contribution in [1.82, 2.24) is 5.32 Å². The maximum atomic E-state index is 11.8. The summed E-state index contributed by atoms with van der Waals surface area (Å²) < 4.78 is 10.4. The summed E-state index contributed by atoms with van der Waals surface area (Å²) in [7, 11) is 1.54. The average molecular weight is 279 g/mol. The molecule has 0 aliphatic heterocycles. The molecule has 0 aliphatic rings. The Bertz CT molecular complexity index is 491. The van der Waals surface area contributed by atoms with Gasteiger partial charge in [0, 0.05) is 11.1 Å². The first kappa shape index (κ1) is 16.0. The molecule has 0 spiro atoms. The molecule has 0 bridgehead atoms. The van der Waals surface area contributed by atoms with Crippen molar-refractivity contribution < 1.29 is 19.1 Å². The van der Waals surface area contributed by atoms with E-state index in [9.17, 15) is 9.59 Å². The van der Waals surface area contributed by atoms with Crippen LogP contribution in [0.15, 0.2) is 18.2 Å². The smallest absolute Gasteiger partial charge is 0.408 e. The lowest BCUT2D eigenvalue weighted by atomic mass is 10.0. The fourth-order valence-electron chi connectivity index (χ4n) is 1.73. The third-order valence-electron chi connectivity index (χ3n) is 2.59. The molecule has 1 N–H and O–H groups in total. The quantitative estimate of drug-likeness (QED) is 0.860. The predicted molar refractivity (Wildman–Crippen MR) is 76.2 cm³/mol. The van der Waals surface area contributed by atoms with Gasteiger partial charge in [0.15, 0.2) is 0 Å². The molecular weight excluding hydrogens is 258 g/mol. The second-order valence-electron chi connectivity index (χ2n) is 5.49. The van der Waals surface area contributed by atoms with Crippen molar-refractivity contribution in [2.75, 3.05) is 7.11 Å². The summed E-state index contributed by atoms with van der Waals surface area (Å²) >= 11 is 0. The molecule has 1 unspecified atom stereocenters. The van der Waals surface area contributed by atoms with E-state index in [2.05, 4.69) is 5.32 Å². The van der Waals surface area contributed by atoms with Crippen LogP contribution in [0.2, 0.25) is 0 Å². The molecule has 0 aliphatic carbocycles. The van der Waals surface area contributed by atoms with Crippen LogP contribution in [0.5, 0.6) is 5.75 Å². The number of amides is 1. The first-order chi connectivity index (χ1) is 9.26. The Hall–Kier alpha value is -2.04. The number of hydrogen-bond acceptors (Lipinski definition) is 4. The van der Waals surface area contributed by atoms with Gasteiger partial charge in [0.05, 0.1) is 13.2 Å². The zero-order chi connectivity index (χ0) is 15.3. The number of rotatable bonds is 4. The van der Waals surface area contributed by atoms with Gasteiger partial charge in [0.1, 0.15) is 17.6 Å². The minimum atomic E-state index is -0.557. The number of alkyl carbamates (subject to hydrolysis) is 1. The molecule has 1 rings (SSSR count). The molecule has 1 atom stereocenters. The van der Waals surface area contributed by atoms with Crippen LogP contribution >= 0.6 is 0 Å². The van der Waals surface area contributed by atoms with E-state index in [1.54, 1.807) is 53.0 Å². The number of methoxy groups -OCH3 is 1. The van der Waals surface area contributed by atoms with E-state index >= 15 is 0 Å². The average Bonchev–Trinajstić information content (AvgIpc) is 2.35. The van der Waals surface area contributed by atoms with Crippen LogP contribution in [0.4, 0.5) is 4.79 Å². The fourth-order valence-corrected chi connectivity index (χ4v) is 1.73. The third kappa shape index (κ3) is 4.57. The van der Waals surface area contributed by atoms with Crippen LogP contribution in [0, 0.1) is 0 Å². The standard InChI is InChI=1S/C15H21NO4/c1-10(16-14(18)20-15(2,3)4)12-8-11(9-17)6-7-13(12)19-5/h6-10H,1-5H3,(H,16,18). The lowest BCUT2D eigenvalue weighted by Gasteiger charge is -2.23. The van der Waals surface area contributed by atoms with Crippen molar-refractivity contribution in [2.45, 2.75) is 39.3 Å². The molecule has 0 radical (unpaired) electrons. The summed E-state index contributed by atoms with van der Waals surface area (Å²) in [6.07, 6.45) is 0.243. The van der Waals surface area contributed by atoms with Gasteiger partial charge >= 0.3 is 6.09 Å². The third-order valence-corrected chi connectivity index (χ3v) is 2.59. The highest BCUT2D eigenvalue weighted by Gasteiger charge is 2.20. The number of carbonyl (C=O) groups is 2. The Labute approximate surface area is 119 Å². The van der Waals surface area contributed by atoms with Crippen LogP contribution < -0.4 is 10.1 Å². The van der Waals surface area contributed by atoms with Crippen LogP contribution in [0.1, 0.15) is 49.7 Å². The van der Waals surface area contributed by atoms with Crippen molar-refractivity contribution in [1.29, 1.82) is 0 Å². The number of benzene rings is 1. The highest BCUT2D eigenvalue weighted by molar-refractivity contribution is 5.76. The summed E-state index contributed by atoms with van der Waals surface area (Å²) in [6.45, 7) is 7.19. The molecule has 0 saturated heterocycles. The number of ether oxygens (including phenoxy) is 2. The summed E-state index contributed by atoms with van der Waals surface area (Å²) in [5, 5.41) is 2.72. The Morgan fingerprint density at radius 2 is 2.00 bits per heavy atom. The highest BCUT2D eigenvalue weighted by Crippen LogP contribution is 2.26. The van der Waals surface area contributed by atoms with E-state index in [-0.39, 0.29) is 6.04 Å². The van der Waals surface area contributed by atoms with Gasteiger partial charge in [-0.25, -0.2) is 4.79 Å². The van der Waals surface area contributed by atoms with Gasteiger partial charge in [-0.05, 0) is 45.9 Å². The summed E-state index contributed by atoms with van der Waals surface area (Å²) in [5.74, 6) is 0.610. The van der Waals surface area contributed by atoms with E-state index in [0.717, 1.165) is 11.8 Å². The summed E-state index contributed by atoms with van der Waals surface area (Å²) in [6, 6.07) is 4.72. The Morgan fingerprint density at radius 1 is 1.35 bits per heavy atom. The maximum Gasteiger partial charge on any atom is 0.408 e. The molecule has 110 valence electrons. The van der Waals surface area contributed by atoms with Crippen molar-refractivity contribution >= 4 is 12.4 Å². The molecule has 1 amide bonds. The molecule has 0 saturated carbocycles. The Kier molecular flexibility index (Phi) is 5.13. The first-order valence-corrected chi connectivity index (χ1v) is 6.39. The van der Waals surface area contributed by atoms with Crippen LogP contribution in [-0.2, 0) is 4.74 Å². The van der Waals surface area contributed by atoms with Gasteiger partial charge in [0.25, 0.3) is 0 Å².